The molecule has 0 unspecified atom stereocenters. The monoisotopic (exact) mass is 281 g/mol. The summed E-state index contributed by atoms with van der Waals surface area (Å²) in [5.41, 5.74) is 7.14. The van der Waals surface area contributed by atoms with Crippen LogP contribution in [0, 0.1) is 5.82 Å². The number of amides is 1. The highest BCUT2D eigenvalue weighted by Crippen LogP contribution is 2.33. The lowest BCUT2D eigenvalue weighted by Gasteiger charge is -2.30. The molecule has 0 radical (unpaired) electrons. The maximum Gasteiger partial charge on any atom is 0.414 e. The summed E-state index contributed by atoms with van der Waals surface area (Å²) in [6, 6.07) is 2.87. The van der Waals surface area contributed by atoms with Gasteiger partial charge in [0.1, 0.15) is 12.4 Å². The van der Waals surface area contributed by atoms with Gasteiger partial charge in [-0.15, -0.1) is 0 Å². The Morgan fingerprint density at radius 1 is 1.10 bits per heavy atom. The summed E-state index contributed by atoms with van der Waals surface area (Å²) in [6.45, 7) is 3.08. The Kier molecular flexibility index (Phi) is 3.35. The van der Waals surface area contributed by atoms with Gasteiger partial charge in [0.25, 0.3) is 0 Å². The number of nitrogen functional groups attached to an aromatic ring is 1. The van der Waals surface area contributed by atoms with Crippen LogP contribution in [-0.2, 0) is 9.47 Å². The second kappa shape index (κ2) is 5.16. The fourth-order valence-electron chi connectivity index (χ4n) is 2.46. The number of benzene rings is 1. The molecule has 0 aliphatic carbocycles. The number of carbonyl (C=O) groups excluding carboxylic acids is 1. The predicted octanol–water partition coefficient (Wildman–Crippen LogP) is 1.20. The first kappa shape index (κ1) is 13.0. The Morgan fingerprint density at radius 3 is 2.50 bits per heavy atom. The average Bonchev–Trinajstić information content (AvgIpc) is 2.88. The Hall–Kier alpha value is -2.02. The van der Waals surface area contributed by atoms with Crippen LogP contribution in [0.15, 0.2) is 12.1 Å². The summed E-state index contributed by atoms with van der Waals surface area (Å²) < 4.78 is 24.4. The number of rotatable bonds is 2. The number of nitrogens with zero attached hydrogens (tertiary/aromatic N) is 2. The average molecular weight is 281 g/mol. The minimum atomic E-state index is -0.491. The molecule has 2 N–H and O–H groups in total. The summed E-state index contributed by atoms with van der Waals surface area (Å²) in [5.74, 6) is -0.393. The Balaban J connectivity index is 1.91. The molecular formula is C13H16FN3O3. The highest BCUT2D eigenvalue weighted by Gasteiger charge is 2.27. The molecule has 1 aromatic rings. The second-order valence-electron chi connectivity index (χ2n) is 4.73. The van der Waals surface area contributed by atoms with E-state index in [1.807, 2.05) is 4.90 Å². The van der Waals surface area contributed by atoms with Gasteiger partial charge >= 0.3 is 6.09 Å². The zero-order valence-electron chi connectivity index (χ0n) is 11.0. The molecule has 2 aliphatic heterocycles. The molecule has 0 saturated carbocycles. The third kappa shape index (κ3) is 2.24. The molecule has 0 aromatic heterocycles. The van der Waals surface area contributed by atoms with Crippen LogP contribution in [0.25, 0.3) is 0 Å². The summed E-state index contributed by atoms with van der Waals surface area (Å²) in [4.78, 5) is 14.8. The molecule has 3 rings (SSSR count). The van der Waals surface area contributed by atoms with Gasteiger partial charge in [-0.05, 0) is 6.07 Å². The maximum absolute atomic E-state index is 14.3. The Morgan fingerprint density at radius 2 is 1.85 bits per heavy atom. The molecule has 2 saturated heterocycles. The molecule has 1 amide bonds. The lowest BCUT2D eigenvalue weighted by molar-refractivity contribution is 0.122. The van der Waals surface area contributed by atoms with Crippen LogP contribution in [0.5, 0.6) is 0 Å². The van der Waals surface area contributed by atoms with E-state index in [4.69, 9.17) is 15.2 Å². The molecule has 2 fully saturated rings. The zero-order valence-corrected chi connectivity index (χ0v) is 11.0. The Bertz CT molecular complexity index is 532. The van der Waals surface area contributed by atoms with Gasteiger partial charge in [-0.3, -0.25) is 4.90 Å². The summed E-state index contributed by atoms with van der Waals surface area (Å²) in [7, 11) is 0. The van der Waals surface area contributed by atoms with Crippen molar-refractivity contribution < 1.29 is 18.7 Å². The number of morpholine rings is 1. The van der Waals surface area contributed by atoms with Crippen molar-refractivity contribution in [3.05, 3.63) is 17.9 Å². The van der Waals surface area contributed by atoms with Gasteiger partial charge < -0.3 is 20.1 Å². The minimum absolute atomic E-state index is 0.297. The lowest BCUT2D eigenvalue weighted by atomic mass is 10.2. The number of carbonyl (C=O) groups is 1. The van der Waals surface area contributed by atoms with Gasteiger partial charge in [0.15, 0.2) is 0 Å². The van der Waals surface area contributed by atoms with Crippen molar-refractivity contribution >= 4 is 23.2 Å². The SMILES string of the molecule is Nc1cc(N2CCOCC2)c(F)cc1N1CCOC1=O. The van der Waals surface area contributed by atoms with E-state index in [1.54, 1.807) is 6.07 Å². The second-order valence-corrected chi connectivity index (χ2v) is 4.73. The van der Waals surface area contributed by atoms with Crippen molar-refractivity contribution in [2.24, 2.45) is 0 Å². The summed E-state index contributed by atoms with van der Waals surface area (Å²) in [5, 5.41) is 0. The summed E-state index contributed by atoms with van der Waals surface area (Å²) >= 11 is 0. The van der Waals surface area contributed by atoms with Crippen LogP contribution in [0.4, 0.5) is 26.2 Å². The molecule has 20 heavy (non-hydrogen) atoms. The number of ether oxygens (including phenoxy) is 2. The van der Waals surface area contributed by atoms with E-state index in [0.29, 0.717) is 56.5 Å². The molecule has 1 aromatic carbocycles. The highest BCUT2D eigenvalue weighted by atomic mass is 19.1. The van der Waals surface area contributed by atoms with Gasteiger partial charge in [0.2, 0.25) is 0 Å². The first-order chi connectivity index (χ1) is 9.66. The van der Waals surface area contributed by atoms with Crippen LogP contribution in [-0.4, -0.2) is 45.5 Å². The molecule has 6 nitrogen and oxygen atoms in total. The molecule has 2 heterocycles. The van der Waals surface area contributed by atoms with E-state index in [1.165, 1.54) is 11.0 Å². The number of hydrogen-bond donors (Lipinski definition) is 1. The number of anilines is 3. The molecule has 0 spiro atoms. The van der Waals surface area contributed by atoms with E-state index >= 15 is 0 Å². The minimum Gasteiger partial charge on any atom is -0.447 e. The fraction of sp³-hybridized carbons (Fsp3) is 0.462. The first-order valence-electron chi connectivity index (χ1n) is 6.53. The third-order valence-electron chi connectivity index (χ3n) is 3.50. The van der Waals surface area contributed by atoms with Crippen LogP contribution in [0.2, 0.25) is 0 Å². The molecular weight excluding hydrogens is 265 g/mol. The van der Waals surface area contributed by atoms with E-state index in [-0.39, 0.29) is 0 Å². The van der Waals surface area contributed by atoms with E-state index in [9.17, 15) is 9.18 Å². The van der Waals surface area contributed by atoms with E-state index in [0.717, 1.165) is 0 Å². The number of cyclic esters (lactones) is 1. The highest BCUT2D eigenvalue weighted by molar-refractivity contribution is 5.93. The molecule has 2 aliphatic rings. The van der Waals surface area contributed by atoms with Crippen LogP contribution < -0.4 is 15.5 Å². The van der Waals surface area contributed by atoms with Crippen molar-refractivity contribution in [3.63, 3.8) is 0 Å². The van der Waals surface area contributed by atoms with E-state index in [2.05, 4.69) is 0 Å². The van der Waals surface area contributed by atoms with Crippen molar-refractivity contribution in [1.82, 2.24) is 0 Å². The number of halogens is 1. The topological polar surface area (TPSA) is 68.0 Å². The number of nitrogens with two attached hydrogens (primary N) is 1. The quantitative estimate of drug-likeness (QED) is 0.825. The van der Waals surface area contributed by atoms with Crippen LogP contribution in [0.1, 0.15) is 0 Å². The zero-order chi connectivity index (χ0) is 14.1. The standard InChI is InChI=1S/C13H16FN3O3/c14-9-7-12(17-3-6-20-13(17)18)10(15)8-11(9)16-1-4-19-5-2-16/h7-8H,1-6,15H2. The van der Waals surface area contributed by atoms with E-state index < -0.39 is 11.9 Å². The van der Waals surface area contributed by atoms with Crippen molar-refractivity contribution in [2.75, 3.05) is 55.0 Å². The van der Waals surface area contributed by atoms with Crippen molar-refractivity contribution in [3.8, 4) is 0 Å². The third-order valence-corrected chi connectivity index (χ3v) is 3.50. The van der Waals surface area contributed by atoms with Gasteiger partial charge in [-0.25, -0.2) is 9.18 Å². The molecule has 0 bridgehead atoms. The maximum atomic E-state index is 14.3. The number of hydrogen-bond acceptors (Lipinski definition) is 5. The van der Waals surface area contributed by atoms with Crippen molar-refractivity contribution in [2.45, 2.75) is 0 Å². The predicted molar refractivity (Wildman–Crippen MR) is 72.5 cm³/mol. The van der Waals surface area contributed by atoms with Crippen LogP contribution in [0.3, 0.4) is 0 Å². The Labute approximate surface area is 115 Å². The smallest absolute Gasteiger partial charge is 0.414 e. The van der Waals surface area contributed by atoms with Gasteiger partial charge in [0, 0.05) is 19.2 Å². The largest absolute Gasteiger partial charge is 0.447 e. The summed E-state index contributed by atoms with van der Waals surface area (Å²) in [6.07, 6.45) is -0.491. The normalized spacial score (nSPS) is 19.4. The first-order valence-corrected chi connectivity index (χ1v) is 6.53. The molecule has 108 valence electrons. The van der Waals surface area contributed by atoms with Gasteiger partial charge in [0.05, 0.1) is 36.8 Å². The van der Waals surface area contributed by atoms with Gasteiger partial charge in [-0.1, -0.05) is 0 Å². The van der Waals surface area contributed by atoms with Crippen LogP contribution >= 0.6 is 0 Å². The molecule has 7 heteroatoms. The van der Waals surface area contributed by atoms with Gasteiger partial charge in [-0.2, -0.15) is 0 Å². The van der Waals surface area contributed by atoms with Crippen molar-refractivity contribution in [1.29, 1.82) is 0 Å². The fourth-order valence-corrected chi connectivity index (χ4v) is 2.46. The lowest BCUT2D eigenvalue weighted by Crippen LogP contribution is -2.37. The molecule has 0 atom stereocenters.